The molecular formula is C33H41FO4. The minimum absolute atomic E-state index is 0. The van der Waals surface area contributed by atoms with Crippen molar-refractivity contribution in [1.82, 2.24) is 0 Å². The van der Waals surface area contributed by atoms with E-state index in [2.05, 4.69) is 31.2 Å². The molecule has 5 rings (SSSR count). The van der Waals surface area contributed by atoms with E-state index in [1.54, 1.807) is 18.2 Å². The molecule has 204 valence electrons. The summed E-state index contributed by atoms with van der Waals surface area (Å²) in [6.07, 6.45) is 17.3. The Labute approximate surface area is 227 Å². The summed E-state index contributed by atoms with van der Waals surface area (Å²) in [5.74, 6) is 1.51. The average Bonchev–Trinajstić information content (AvgIpc) is 3.18. The van der Waals surface area contributed by atoms with Crippen LogP contribution >= 0.6 is 0 Å². The smallest absolute Gasteiger partial charge is 0.330 e. The summed E-state index contributed by atoms with van der Waals surface area (Å²) in [6, 6.07) is 6.82. The van der Waals surface area contributed by atoms with Gasteiger partial charge in [0, 0.05) is 13.4 Å². The fourth-order valence-electron chi connectivity index (χ4n) is 7.53. The van der Waals surface area contributed by atoms with Gasteiger partial charge in [0.2, 0.25) is 0 Å². The number of carbonyl (C=O) groups excluding carboxylic acids is 2. The van der Waals surface area contributed by atoms with E-state index >= 15 is 0 Å². The number of rotatable bonds is 6. The maximum atomic E-state index is 13.8. The van der Waals surface area contributed by atoms with Crippen molar-refractivity contribution >= 4 is 17.5 Å². The highest BCUT2D eigenvalue weighted by molar-refractivity contribution is 5.81. The number of benzene rings is 1. The zero-order chi connectivity index (χ0) is 26.8. The second-order valence-electron chi connectivity index (χ2n) is 11.6. The van der Waals surface area contributed by atoms with Crippen LogP contribution in [-0.2, 0) is 19.1 Å². The van der Waals surface area contributed by atoms with E-state index in [9.17, 15) is 14.0 Å². The van der Waals surface area contributed by atoms with Crippen molar-refractivity contribution in [3.63, 3.8) is 0 Å². The van der Waals surface area contributed by atoms with E-state index in [0.29, 0.717) is 36.2 Å². The number of allylic oxidation sites excluding steroid dienone is 7. The van der Waals surface area contributed by atoms with Gasteiger partial charge in [-0.3, -0.25) is 4.79 Å². The van der Waals surface area contributed by atoms with Crippen molar-refractivity contribution in [2.75, 3.05) is 6.61 Å². The van der Waals surface area contributed by atoms with Crippen LogP contribution in [0.3, 0.4) is 0 Å². The van der Waals surface area contributed by atoms with Crippen molar-refractivity contribution in [2.45, 2.75) is 59.0 Å². The van der Waals surface area contributed by atoms with Crippen LogP contribution in [0.25, 0.3) is 5.57 Å². The van der Waals surface area contributed by atoms with Crippen molar-refractivity contribution in [3.05, 3.63) is 77.7 Å². The van der Waals surface area contributed by atoms with Crippen molar-refractivity contribution in [1.29, 1.82) is 0 Å². The molecule has 3 aliphatic carbocycles. The first-order valence-electron chi connectivity index (χ1n) is 14.2. The summed E-state index contributed by atoms with van der Waals surface area (Å²) in [5.41, 5.74) is 3.37. The van der Waals surface area contributed by atoms with Gasteiger partial charge >= 0.3 is 11.9 Å². The Morgan fingerprint density at radius 1 is 1.18 bits per heavy atom. The van der Waals surface area contributed by atoms with E-state index in [-0.39, 0.29) is 37.1 Å². The van der Waals surface area contributed by atoms with Gasteiger partial charge in [-0.15, -0.1) is 0 Å². The van der Waals surface area contributed by atoms with Gasteiger partial charge in [-0.25, -0.2) is 9.18 Å². The van der Waals surface area contributed by atoms with E-state index in [0.717, 1.165) is 43.2 Å². The number of ether oxygens (including phenoxy) is 2. The Bertz CT molecular complexity index is 1180. The molecule has 1 saturated heterocycles. The Morgan fingerprint density at radius 2 is 2.03 bits per heavy atom. The minimum atomic E-state index is -0.281. The Morgan fingerprint density at radius 3 is 2.79 bits per heavy atom. The lowest BCUT2D eigenvalue weighted by molar-refractivity contribution is -0.144. The van der Waals surface area contributed by atoms with Gasteiger partial charge in [0.25, 0.3) is 0 Å². The molecule has 4 aliphatic rings. The zero-order valence-corrected chi connectivity index (χ0v) is 22.6. The van der Waals surface area contributed by atoms with Crippen molar-refractivity contribution in [3.8, 4) is 0 Å². The normalized spacial score (nSPS) is 34.9. The standard InChI is InChI=1S/C33H39FO4.H2/c1-4-37-31(35)15-11-23-9-13-28-25(17-23)19-30-32(21(3)38-33(30)36)29(28)14-10-22-8-12-27(20(2)16-22)24-6-5-7-26(34)18-24;/h5-8,10-12,14-15,18,20-21,23,25,28-30,32H,4,9,13,16-17,19H2,1-3H3;1H/b14-10+,15-11+;/t20?,21-,23-,25-,28+,29-,30-,32-;/m0./s1. The Kier molecular flexibility index (Phi) is 8.01. The molecule has 0 N–H and O–H groups in total. The quantitative estimate of drug-likeness (QED) is 0.291. The Balaban J connectivity index is 0.00000353. The zero-order valence-electron chi connectivity index (χ0n) is 22.6. The average molecular weight is 521 g/mol. The van der Waals surface area contributed by atoms with Crippen LogP contribution in [-0.4, -0.2) is 24.6 Å². The van der Waals surface area contributed by atoms with Gasteiger partial charge in [-0.2, -0.15) is 0 Å². The van der Waals surface area contributed by atoms with Gasteiger partial charge < -0.3 is 9.47 Å². The van der Waals surface area contributed by atoms with Gasteiger partial charge in [0.15, 0.2) is 0 Å². The third kappa shape index (κ3) is 5.57. The second-order valence-corrected chi connectivity index (χ2v) is 11.6. The number of fused-ring (bicyclic) bond motifs is 2. The van der Waals surface area contributed by atoms with Crippen LogP contribution in [0.2, 0.25) is 0 Å². The summed E-state index contributed by atoms with van der Waals surface area (Å²) in [5, 5.41) is 0. The first-order chi connectivity index (χ1) is 18.3. The van der Waals surface area contributed by atoms with Gasteiger partial charge in [-0.05, 0) is 104 Å². The van der Waals surface area contributed by atoms with Crippen LogP contribution < -0.4 is 0 Å². The van der Waals surface area contributed by atoms with Crippen LogP contribution in [0.4, 0.5) is 4.39 Å². The molecule has 1 aromatic rings. The Hall–Kier alpha value is -2.95. The maximum absolute atomic E-state index is 13.8. The molecule has 38 heavy (non-hydrogen) atoms. The van der Waals surface area contributed by atoms with Crippen LogP contribution in [0.1, 0.15) is 59.9 Å². The van der Waals surface area contributed by atoms with E-state index in [1.165, 1.54) is 11.6 Å². The highest BCUT2D eigenvalue weighted by Crippen LogP contribution is 2.54. The van der Waals surface area contributed by atoms with Gasteiger partial charge in [0.05, 0.1) is 12.5 Å². The summed E-state index contributed by atoms with van der Waals surface area (Å²) in [6.45, 7) is 6.44. The lowest BCUT2D eigenvalue weighted by atomic mass is 9.56. The first-order valence-corrected chi connectivity index (χ1v) is 14.2. The molecule has 8 atom stereocenters. The van der Waals surface area contributed by atoms with E-state index < -0.39 is 0 Å². The molecule has 0 aromatic heterocycles. The fraction of sp³-hybridized carbons (Fsp3) is 0.515. The second kappa shape index (κ2) is 11.4. The number of cyclic esters (lactones) is 1. The molecule has 0 bridgehead atoms. The molecule has 5 heteroatoms. The molecule has 1 aromatic carbocycles. The lowest BCUT2D eigenvalue weighted by Crippen LogP contribution is -2.44. The largest absolute Gasteiger partial charge is 0.463 e. The van der Waals surface area contributed by atoms with E-state index in [1.807, 2.05) is 26.0 Å². The number of esters is 2. The topological polar surface area (TPSA) is 52.6 Å². The molecular weight excluding hydrogens is 479 g/mol. The molecule has 0 spiro atoms. The molecule has 1 aliphatic heterocycles. The van der Waals surface area contributed by atoms with E-state index in [4.69, 9.17) is 9.47 Å². The summed E-state index contributed by atoms with van der Waals surface area (Å²) in [7, 11) is 0. The monoisotopic (exact) mass is 520 g/mol. The SMILES string of the molecule is CCOC(=O)/C=C/[C@@H]1CC[C@@H]2[C@@H](C1)C[C@@H]1C(=O)O[C@@H](C)[C@H]1[C@H]2/C=C/C1=CC=C(c2cccc(F)c2)C(C)C1.[HH]. The molecule has 2 saturated carbocycles. The molecule has 3 fully saturated rings. The molecule has 1 unspecified atom stereocenters. The van der Waals surface area contributed by atoms with Gasteiger partial charge in [-0.1, -0.05) is 49.4 Å². The van der Waals surface area contributed by atoms with Crippen molar-refractivity contribution in [2.24, 2.45) is 41.4 Å². The predicted octanol–water partition coefficient (Wildman–Crippen LogP) is 7.33. The van der Waals surface area contributed by atoms with Crippen LogP contribution in [0, 0.1) is 47.2 Å². The number of hydrogen-bond donors (Lipinski definition) is 0. The minimum Gasteiger partial charge on any atom is -0.463 e. The highest BCUT2D eigenvalue weighted by atomic mass is 19.1. The summed E-state index contributed by atoms with van der Waals surface area (Å²) in [4.78, 5) is 24.6. The van der Waals surface area contributed by atoms with Crippen LogP contribution in [0.15, 0.2) is 66.3 Å². The number of halogens is 1. The highest BCUT2D eigenvalue weighted by Gasteiger charge is 2.54. The van der Waals surface area contributed by atoms with Gasteiger partial charge in [0.1, 0.15) is 11.9 Å². The van der Waals surface area contributed by atoms with Crippen LogP contribution in [0.5, 0.6) is 0 Å². The number of carbonyl (C=O) groups is 2. The molecule has 0 radical (unpaired) electrons. The number of hydrogen-bond acceptors (Lipinski definition) is 4. The molecule has 1 heterocycles. The molecule has 0 amide bonds. The summed E-state index contributed by atoms with van der Waals surface area (Å²) >= 11 is 0. The lowest BCUT2D eigenvalue weighted by Gasteiger charge is -2.47. The third-order valence-electron chi connectivity index (χ3n) is 9.22. The van der Waals surface area contributed by atoms with Crippen molar-refractivity contribution < 1.29 is 24.9 Å². The fourth-order valence-corrected chi connectivity index (χ4v) is 7.53. The summed E-state index contributed by atoms with van der Waals surface area (Å²) < 4.78 is 24.6. The third-order valence-corrected chi connectivity index (χ3v) is 9.22. The first kappa shape index (κ1) is 26.6. The maximum Gasteiger partial charge on any atom is 0.330 e. The predicted molar refractivity (Wildman–Crippen MR) is 148 cm³/mol. The molecule has 4 nitrogen and oxygen atoms in total.